The third-order valence-electron chi connectivity index (χ3n) is 5.86. The van der Waals surface area contributed by atoms with Gasteiger partial charge >= 0.3 is 17.3 Å². The predicted molar refractivity (Wildman–Crippen MR) is 131 cm³/mol. The molecule has 2 N–H and O–H groups in total. The summed E-state index contributed by atoms with van der Waals surface area (Å²) in [5.41, 5.74) is 2.39. The first-order chi connectivity index (χ1) is 16.6. The monoisotopic (exact) mass is 475 g/mol. The quantitative estimate of drug-likeness (QED) is 0.437. The summed E-state index contributed by atoms with van der Waals surface area (Å²) in [5.74, 6) is -1.11. The van der Waals surface area contributed by atoms with E-state index in [-0.39, 0.29) is 30.7 Å². The fourth-order valence-corrected chi connectivity index (χ4v) is 3.87. The molecule has 10 nitrogen and oxygen atoms in total. The number of hydrogen-bond donors (Lipinski definition) is 2. The van der Waals surface area contributed by atoms with Crippen LogP contribution in [-0.4, -0.2) is 29.8 Å². The summed E-state index contributed by atoms with van der Waals surface area (Å²) < 4.78 is 3.71. The van der Waals surface area contributed by atoms with E-state index in [9.17, 15) is 19.2 Å². The van der Waals surface area contributed by atoms with Crippen molar-refractivity contribution in [2.45, 2.75) is 33.4 Å². The van der Waals surface area contributed by atoms with Gasteiger partial charge in [0, 0.05) is 25.0 Å². The lowest BCUT2D eigenvalue weighted by Gasteiger charge is -2.11. The number of carbonyl (C=O) groups is 1. The molecule has 0 radical (unpaired) electrons. The molecule has 2 aromatic carbocycles. The van der Waals surface area contributed by atoms with Crippen molar-refractivity contribution in [1.29, 1.82) is 0 Å². The van der Waals surface area contributed by atoms with Crippen LogP contribution in [0.4, 0.5) is 5.69 Å². The molecule has 0 atom stereocenters. The number of nitrogens with zero attached hydrogens (tertiary/aromatic N) is 4. The summed E-state index contributed by atoms with van der Waals surface area (Å²) in [4.78, 5) is 56.2. The number of aromatic nitrogens is 4. The van der Waals surface area contributed by atoms with Crippen LogP contribution in [-0.2, 0) is 24.9 Å². The smallest absolute Gasteiger partial charge is 0.335 e. The molecule has 0 aliphatic carbocycles. The lowest BCUT2D eigenvalue weighted by Crippen LogP contribution is -2.50. The lowest BCUT2D eigenvalue weighted by molar-refractivity contribution is -0.137. The first-order valence-corrected chi connectivity index (χ1v) is 11.0. The Balaban J connectivity index is 1.92. The van der Waals surface area contributed by atoms with Crippen LogP contribution >= 0.6 is 0 Å². The minimum absolute atomic E-state index is 0.0361. The second kappa shape index (κ2) is 9.41. The van der Waals surface area contributed by atoms with Crippen LogP contribution in [0.15, 0.2) is 67.9 Å². The average Bonchev–Trinajstić information content (AvgIpc) is 2.81. The molecule has 4 rings (SSSR count). The Hall–Kier alpha value is -4.47. The van der Waals surface area contributed by atoms with Gasteiger partial charge < -0.3 is 9.67 Å². The van der Waals surface area contributed by atoms with Crippen LogP contribution in [0.3, 0.4) is 0 Å². The van der Waals surface area contributed by atoms with E-state index in [1.54, 1.807) is 25.2 Å². The number of aromatic amines is 1. The molecular weight excluding hydrogens is 450 g/mol. The standard InChI is InChI=1S/C25H25N5O5/c1-15-4-6-17(7-5-15)14-30-23(27-24(34)29(25(30)35)11-10-22(32)33)26-18-8-9-20-19(13-18)16(2)12-21(31)28(20)3/h4-9,12-13H,10-11,14H2,1-3H3,(H,32,33)(H,26,27,34). The highest BCUT2D eigenvalue weighted by Gasteiger charge is 2.12. The van der Waals surface area contributed by atoms with Gasteiger partial charge in [-0.05, 0) is 43.2 Å². The van der Waals surface area contributed by atoms with Gasteiger partial charge in [0.1, 0.15) is 0 Å². The SMILES string of the molecule is Cc1ccc(Cn2c(=O)n(CCC(=O)O)c(=O)[nH]/c2=N\c2ccc3c(c2)c(C)cc(=O)n3C)cc1. The Bertz CT molecular complexity index is 1690. The predicted octanol–water partition coefficient (Wildman–Crippen LogP) is 1.56. The zero-order valence-corrected chi connectivity index (χ0v) is 19.6. The number of fused-ring (bicyclic) bond motifs is 1. The zero-order chi connectivity index (χ0) is 25.3. The molecule has 4 aromatic rings. The normalized spacial score (nSPS) is 11.8. The van der Waals surface area contributed by atoms with E-state index in [0.717, 1.165) is 32.2 Å². The van der Waals surface area contributed by atoms with E-state index in [1.165, 1.54) is 15.2 Å². The van der Waals surface area contributed by atoms with E-state index in [2.05, 4.69) is 9.98 Å². The molecule has 0 aliphatic rings. The van der Waals surface area contributed by atoms with Crippen LogP contribution in [0.5, 0.6) is 0 Å². The van der Waals surface area contributed by atoms with Gasteiger partial charge in [-0.15, -0.1) is 0 Å². The lowest BCUT2D eigenvalue weighted by atomic mass is 10.1. The Morgan fingerprint density at radius 3 is 2.40 bits per heavy atom. The minimum atomic E-state index is -1.11. The fraction of sp³-hybridized carbons (Fsp3) is 0.240. The summed E-state index contributed by atoms with van der Waals surface area (Å²) in [6, 6.07) is 14.4. The molecule has 2 aromatic heterocycles. The molecule has 0 fully saturated rings. The summed E-state index contributed by atoms with van der Waals surface area (Å²) in [6.07, 6.45) is -0.368. The van der Waals surface area contributed by atoms with Gasteiger partial charge in [0.05, 0.1) is 24.2 Å². The van der Waals surface area contributed by atoms with Gasteiger partial charge in [-0.2, -0.15) is 0 Å². The van der Waals surface area contributed by atoms with Gasteiger partial charge in [-0.1, -0.05) is 29.8 Å². The topological polar surface area (TPSA) is 131 Å². The van der Waals surface area contributed by atoms with Crippen molar-refractivity contribution in [2.75, 3.05) is 0 Å². The second-order valence-corrected chi connectivity index (χ2v) is 8.44. The highest BCUT2D eigenvalue weighted by molar-refractivity contribution is 5.85. The molecule has 0 saturated carbocycles. The van der Waals surface area contributed by atoms with Crippen molar-refractivity contribution >= 4 is 22.6 Å². The summed E-state index contributed by atoms with van der Waals surface area (Å²) in [5, 5.41) is 9.82. The number of pyridine rings is 1. The van der Waals surface area contributed by atoms with Crippen LogP contribution < -0.4 is 22.6 Å². The number of aliphatic carboxylic acids is 1. The van der Waals surface area contributed by atoms with E-state index in [1.807, 2.05) is 38.1 Å². The molecule has 180 valence electrons. The van der Waals surface area contributed by atoms with Gasteiger partial charge in [0.25, 0.3) is 5.56 Å². The Morgan fingerprint density at radius 2 is 1.71 bits per heavy atom. The number of hydrogen-bond acceptors (Lipinski definition) is 5. The molecule has 0 unspecified atom stereocenters. The maximum atomic E-state index is 13.2. The summed E-state index contributed by atoms with van der Waals surface area (Å²) in [7, 11) is 1.69. The van der Waals surface area contributed by atoms with Gasteiger partial charge in [0.15, 0.2) is 0 Å². The van der Waals surface area contributed by atoms with Crippen molar-refractivity contribution < 1.29 is 9.90 Å². The first-order valence-electron chi connectivity index (χ1n) is 11.0. The molecule has 35 heavy (non-hydrogen) atoms. The molecular formula is C25H25N5O5. The van der Waals surface area contributed by atoms with Crippen molar-refractivity contribution in [3.8, 4) is 0 Å². The Labute approximate surface area is 199 Å². The second-order valence-electron chi connectivity index (χ2n) is 8.44. The minimum Gasteiger partial charge on any atom is -0.481 e. The highest BCUT2D eigenvalue weighted by Crippen LogP contribution is 2.22. The number of rotatable bonds is 6. The number of benzene rings is 2. The van der Waals surface area contributed by atoms with Crippen LogP contribution in [0.2, 0.25) is 0 Å². The van der Waals surface area contributed by atoms with Crippen LogP contribution in [0.1, 0.15) is 23.1 Å². The summed E-state index contributed by atoms with van der Waals surface area (Å²) >= 11 is 0. The van der Waals surface area contributed by atoms with Crippen LogP contribution in [0.25, 0.3) is 10.9 Å². The maximum absolute atomic E-state index is 13.2. The first kappa shape index (κ1) is 23.7. The number of carboxylic acid groups (broad SMARTS) is 1. The summed E-state index contributed by atoms with van der Waals surface area (Å²) in [6.45, 7) is 3.65. The molecule has 0 amide bonds. The van der Waals surface area contributed by atoms with E-state index < -0.39 is 17.3 Å². The largest absolute Gasteiger partial charge is 0.481 e. The number of aryl methyl sites for hydroxylation is 3. The number of nitrogens with one attached hydrogen (secondary N) is 1. The van der Waals surface area contributed by atoms with Crippen molar-refractivity contribution in [3.05, 3.63) is 102 Å². The average molecular weight is 476 g/mol. The Kier molecular flexibility index (Phi) is 6.37. The van der Waals surface area contributed by atoms with Gasteiger partial charge in [-0.3, -0.25) is 19.1 Å². The van der Waals surface area contributed by atoms with Crippen molar-refractivity contribution in [2.24, 2.45) is 12.0 Å². The molecule has 10 heteroatoms. The zero-order valence-electron chi connectivity index (χ0n) is 19.6. The highest BCUT2D eigenvalue weighted by atomic mass is 16.4. The van der Waals surface area contributed by atoms with E-state index in [0.29, 0.717) is 5.69 Å². The van der Waals surface area contributed by atoms with E-state index in [4.69, 9.17) is 5.11 Å². The molecule has 0 bridgehead atoms. The van der Waals surface area contributed by atoms with Gasteiger partial charge in [-0.25, -0.2) is 19.1 Å². The van der Waals surface area contributed by atoms with Crippen molar-refractivity contribution in [3.63, 3.8) is 0 Å². The number of H-pyrrole nitrogens is 1. The van der Waals surface area contributed by atoms with E-state index >= 15 is 0 Å². The number of carboxylic acids is 1. The molecule has 2 heterocycles. The molecule has 0 saturated heterocycles. The third kappa shape index (κ3) is 4.91. The maximum Gasteiger partial charge on any atom is 0.335 e. The van der Waals surface area contributed by atoms with Crippen LogP contribution in [0, 0.1) is 13.8 Å². The van der Waals surface area contributed by atoms with Crippen molar-refractivity contribution in [1.82, 2.24) is 18.7 Å². The Morgan fingerprint density at radius 1 is 1.00 bits per heavy atom. The third-order valence-corrected chi connectivity index (χ3v) is 5.86. The fourth-order valence-electron chi connectivity index (χ4n) is 3.87. The molecule has 0 spiro atoms. The van der Waals surface area contributed by atoms with Gasteiger partial charge in [0.2, 0.25) is 5.62 Å². The molecule has 0 aliphatic heterocycles.